The Morgan fingerprint density at radius 2 is 1.89 bits per heavy atom. The van der Waals surface area contributed by atoms with Crippen molar-refractivity contribution in [3.63, 3.8) is 0 Å². The third-order valence-corrected chi connectivity index (χ3v) is 5.93. The van der Waals surface area contributed by atoms with E-state index in [2.05, 4.69) is 15.2 Å². The fourth-order valence-corrected chi connectivity index (χ4v) is 4.41. The van der Waals surface area contributed by atoms with Crippen LogP contribution in [0.1, 0.15) is 38.5 Å². The number of fused-ring (bicyclic) bond motifs is 1. The van der Waals surface area contributed by atoms with Crippen molar-refractivity contribution in [1.29, 1.82) is 0 Å². The maximum absolute atomic E-state index is 10.9. The molecule has 7 heteroatoms. The zero-order chi connectivity index (χ0) is 18.8. The van der Waals surface area contributed by atoms with Gasteiger partial charge in [-0.1, -0.05) is 12.8 Å². The maximum atomic E-state index is 10.9. The number of rotatable bonds is 4. The van der Waals surface area contributed by atoms with Gasteiger partial charge in [-0.25, -0.2) is 4.98 Å². The molecular weight excluding hydrogens is 344 g/mol. The number of hydrogen-bond acceptors (Lipinski definition) is 6. The van der Waals surface area contributed by atoms with E-state index < -0.39 is 0 Å². The molecule has 2 unspecified atom stereocenters. The highest BCUT2D eigenvalue weighted by atomic mass is 16.6. The predicted octanol–water partition coefficient (Wildman–Crippen LogP) is 3.32. The summed E-state index contributed by atoms with van der Waals surface area (Å²) in [5.41, 5.74) is 0.843. The minimum Gasteiger partial charge on any atom is -0.391 e. The number of nitro benzene ring substituents is 1. The van der Waals surface area contributed by atoms with E-state index in [1.807, 2.05) is 12.1 Å². The fraction of sp³-hybridized carbons (Fsp3) is 0.550. The van der Waals surface area contributed by atoms with E-state index in [-0.39, 0.29) is 16.7 Å². The molecule has 27 heavy (non-hydrogen) atoms. The zero-order valence-corrected chi connectivity index (χ0v) is 15.4. The van der Waals surface area contributed by atoms with E-state index in [1.54, 1.807) is 12.1 Å². The first-order valence-electron chi connectivity index (χ1n) is 9.84. The van der Waals surface area contributed by atoms with Gasteiger partial charge in [-0.05, 0) is 43.9 Å². The first kappa shape index (κ1) is 18.1. The van der Waals surface area contributed by atoms with Gasteiger partial charge in [0.2, 0.25) is 0 Å². The second-order valence-electron chi connectivity index (χ2n) is 7.70. The van der Waals surface area contributed by atoms with Crippen LogP contribution in [-0.2, 0) is 0 Å². The third kappa shape index (κ3) is 4.04. The van der Waals surface area contributed by atoms with Gasteiger partial charge in [0.1, 0.15) is 5.82 Å². The van der Waals surface area contributed by atoms with Crippen LogP contribution in [-0.4, -0.2) is 51.2 Å². The molecule has 1 aromatic carbocycles. The van der Waals surface area contributed by atoms with Gasteiger partial charge in [-0.2, -0.15) is 0 Å². The number of nitrogens with one attached hydrogen (secondary N) is 1. The highest BCUT2D eigenvalue weighted by Crippen LogP contribution is 2.27. The van der Waals surface area contributed by atoms with E-state index >= 15 is 0 Å². The lowest BCUT2D eigenvalue weighted by Crippen LogP contribution is -2.50. The molecule has 1 aromatic heterocycles. The molecule has 2 heterocycles. The number of piperidine rings is 1. The van der Waals surface area contributed by atoms with Gasteiger partial charge >= 0.3 is 0 Å². The molecule has 0 radical (unpaired) electrons. The van der Waals surface area contributed by atoms with Crippen molar-refractivity contribution >= 4 is 22.4 Å². The van der Waals surface area contributed by atoms with Crippen LogP contribution in [0.4, 0.5) is 11.5 Å². The topological polar surface area (TPSA) is 91.5 Å². The van der Waals surface area contributed by atoms with Crippen molar-refractivity contribution in [3.8, 4) is 0 Å². The zero-order valence-electron chi connectivity index (χ0n) is 15.4. The molecular formula is C20H26N4O3. The smallest absolute Gasteiger partial charge is 0.270 e. The summed E-state index contributed by atoms with van der Waals surface area (Å²) in [4.78, 5) is 17.6. The number of nitro groups is 1. The molecule has 0 amide bonds. The number of non-ortho nitro benzene ring substituents is 1. The molecule has 0 bridgehead atoms. The molecule has 1 saturated heterocycles. The maximum Gasteiger partial charge on any atom is 0.270 e. The predicted molar refractivity (Wildman–Crippen MR) is 105 cm³/mol. The first-order valence-corrected chi connectivity index (χ1v) is 9.84. The second kappa shape index (κ2) is 7.78. The molecule has 4 rings (SSSR count). The summed E-state index contributed by atoms with van der Waals surface area (Å²) in [7, 11) is 0. The molecule has 1 aliphatic carbocycles. The minimum atomic E-state index is -0.386. The van der Waals surface area contributed by atoms with Crippen molar-refractivity contribution < 1.29 is 10.0 Å². The Morgan fingerprint density at radius 1 is 1.11 bits per heavy atom. The molecule has 7 nitrogen and oxygen atoms in total. The first-order chi connectivity index (χ1) is 13.1. The van der Waals surface area contributed by atoms with Crippen molar-refractivity contribution in [2.45, 2.75) is 56.7 Å². The molecule has 1 saturated carbocycles. The second-order valence-corrected chi connectivity index (χ2v) is 7.70. The summed E-state index contributed by atoms with van der Waals surface area (Å²) in [5, 5.41) is 25.4. The van der Waals surface area contributed by atoms with Gasteiger partial charge in [0, 0.05) is 42.7 Å². The Bertz CT molecular complexity index is 820. The number of anilines is 1. The van der Waals surface area contributed by atoms with Crippen LogP contribution in [0.5, 0.6) is 0 Å². The van der Waals surface area contributed by atoms with Crippen molar-refractivity contribution in [1.82, 2.24) is 9.88 Å². The Labute approximate surface area is 158 Å². The number of nitrogens with zero attached hydrogens (tertiary/aromatic N) is 3. The van der Waals surface area contributed by atoms with Crippen LogP contribution in [0.25, 0.3) is 10.9 Å². The van der Waals surface area contributed by atoms with Crippen LogP contribution in [0.15, 0.2) is 30.3 Å². The highest BCUT2D eigenvalue weighted by Gasteiger charge is 2.31. The molecule has 1 aliphatic heterocycles. The quantitative estimate of drug-likeness (QED) is 0.634. The average molecular weight is 370 g/mol. The van der Waals surface area contributed by atoms with Crippen LogP contribution in [0.2, 0.25) is 0 Å². The molecule has 2 N–H and O–H groups in total. The SMILES string of the molecule is O=[N+]([O-])c1ccc2nc(NC3CCN(C4CCCCC4O)CC3)ccc2c1. The van der Waals surface area contributed by atoms with Gasteiger partial charge < -0.3 is 10.4 Å². The van der Waals surface area contributed by atoms with E-state index in [0.717, 1.165) is 61.9 Å². The number of hydrogen-bond donors (Lipinski definition) is 2. The number of likely N-dealkylation sites (tertiary alicyclic amines) is 1. The van der Waals surface area contributed by atoms with Crippen LogP contribution in [0, 0.1) is 10.1 Å². The van der Waals surface area contributed by atoms with Gasteiger partial charge in [0.15, 0.2) is 0 Å². The van der Waals surface area contributed by atoms with E-state index in [9.17, 15) is 15.2 Å². The van der Waals surface area contributed by atoms with Gasteiger partial charge in [-0.15, -0.1) is 0 Å². The summed E-state index contributed by atoms with van der Waals surface area (Å²) in [6.45, 7) is 2.00. The van der Waals surface area contributed by atoms with Gasteiger partial charge in [0.25, 0.3) is 5.69 Å². The largest absolute Gasteiger partial charge is 0.391 e. The monoisotopic (exact) mass is 370 g/mol. The number of benzene rings is 1. The number of aromatic nitrogens is 1. The molecule has 0 spiro atoms. The minimum absolute atomic E-state index is 0.0854. The summed E-state index contributed by atoms with van der Waals surface area (Å²) in [6, 6.07) is 9.21. The third-order valence-electron chi connectivity index (χ3n) is 5.93. The molecule has 144 valence electrons. The van der Waals surface area contributed by atoms with Crippen LogP contribution in [0.3, 0.4) is 0 Å². The lowest BCUT2D eigenvalue weighted by molar-refractivity contribution is -0.384. The highest BCUT2D eigenvalue weighted by molar-refractivity contribution is 5.82. The molecule has 2 aromatic rings. The number of aliphatic hydroxyl groups excluding tert-OH is 1. The fourth-order valence-electron chi connectivity index (χ4n) is 4.41. The average Bonchev–Trinajstić information content (AvgIpc) is 2.68. The molecule has 2 aliphatic rings. The van der Waals surface area contributed by atoms with Crippen molar-refractivity contribution in [2.75, 3.05) is 18.4 Å². The van der Waals surface area contributed by atoms with E-state index in [0.29, 0.717) is 12.1 Å². The standard InChI is InChI=1S/C20H26N4O3/c25-19-4-2-1-3-18(19)23-11-9-15(10-12-23)21-20-8-5-14-13-16(24(26)27)6-7-17(14)22-20/h5-8,13,15,18-19,25H,1-4,9-12H2,(H,21,22). The summed E-state index contributed by atoms with van der Waals surface area (Å²) in [5.74, 6) is 0.813. The number of aliphatic hydroxyl groups is 1. The van der Waals surface area contributed by atoms with Crippen LogP contribution < -0.4 is 5.32 Å². The lowest BCUT2D eigenvalue weighted by atomic mass is 9.89. The Balaban J connectivity index is 1.37. The Morgan fingerprint density at radius 3 is 2.63 bits per heavy atom. The molecule has 2 atom stereocenters. The Hall–Kier alpha value is -2.25. The van der Waals surface area contributed by atoms with Crippen LogP contribution >= 0.6 is 0 Å². The summed E-state index contributed by atoms with van der Waals surface area (Å²) >= 11 is 0. The van der Waals surface area contributed by atoms with Crippen molar-refractivity contribution in [2.24, 2.45) is 0 Å². The summed E-state index contributed by atoms with van der Waals surface area (Å²) < 4.78 is 0. The number of pyridine rings is 1. The lowest BCUT2D eigenvalue weighted by Gasteiger charge is -2.41. The van der Waals surface area contributed by atoms with Crippen molar-refractivity contribution in [3.05, 3.63) is 40.4 Å². The summed E-state index contributed by atoms with van der Waals surface area (Å²) in [6.07, 6.45) is 6.30. The normalized spacial score (nSPS) is 24.8. The van der Waals surface area contributed by atoms with Gasteiger partial charge in [-0.3, -0.25) is 15.0 Å². The Kier molecular flexibility index (Phi) is 5.22. The van der Waals surface area contributed by atoms with E-state index in [4.69, 9.17) is 0 Å². The van der Waals surface area contributed by atoms with Gasteiger partial charge in [0.05, 0.1) is 16.5 Å². The molecule has 2 fully saturated rings. The van der Waals surface area contributed by atoms with E-state index in [1.165, 1.54) is 12.5 Å².